The molecule has 0 radical (unpaired) electrons. The highest BCUT2D eigenvalue weighted by Crippen LogP contribution is 2.25. The van der Waals surface area contributed by atoms with Crippen LogP contribution in [0.3, 0.4) is 0 Å². The van der Waals surface area contributed by atoms with Crippen molar-refractivity contribution in [3.8, 4) is 0 Å². The molecule has 19 heavy (non-hydrogen) atoms. The third kappa shape index (κ3) is 4.54. The third-order valence-electron chi connectivity index (χ3n) is 3.77. The van der Waals surface area contributed by atoms with E-state index in [0.29, 0.717) is 5.88 Å². The molecule has 1 saturated carbocycles. The highest BCUT2D eigenvalue weighted by atomic mass is 35.5. The molecule has 0 unspecified atom stereocenters. The van der Waals surface area contributed by atoms with Crippen LogP contribution in [0, 0.1) is 5.92 Å². The number of hydrogen-bond acceptors (Lipinski definition) is 1. The standard InChI is InChI=1S/C16H22ClNO/c17-11-5-7-13-6-4-10-15(12-13)18-16(19)14-8-2-1-3-9-14/h4,6,10,12,14H,1-3,5,7-9,11H2,(H,18,19). The van der Waals surface area contributed by atoms with E-state index in [1.807, 2.05) is 12.1 Å². The first-order chi connectivity index (χ1) is 9.29. The number of alkyl halides is 1. The van der Waals surface area contributed by atoms with Crippen molar-refractivity contribution in [2.24, 2.45) is 5.92 Å². The lowest BCUT2D eigenvalue weighted by Crippen LogP contribution is -2.24. The fourth-order valence-corrected chi connectivity index (χ4v) is 2.82. The van der Waals surface area contributed by atoms with Gasteiger partial charge in [0.15, 0.2) is 0 Å². The molecule has 1 aliphatic rings. The van der Waals surface area contributed by atoms with Crippen molar-refractivity contribution in [1.82, 2.24) is 0 Å². The molecule has 104 valence electrons. The number of aryl methyl sites for hydroxylation is 1. The van der Waals surface area contributed by atoms with Crippen molar-refractivity contribution >= 4 is 23.2 Å². The monoisotopic (exact) mass is 279 g/mol. The van der Waals surface area contributed by atoms with Crippen LogP contribution in [-0.2, 0) is 11.2 Å². The van der Waals surface area contributed by atoms with Gasteiger partial charge in [0.25, 0.3) is 0 Å². The van der Waals surface area contributed by atoms with Gasteiger partial charge in [-0.25, -0.2) is 0 Å². The summed E-state index contributed by atoms with van der Waals surface area (Å²) in [6.07, 6.45) is 7.67. The van der Waals surface area contributed by atoms with Crippen molar-refractivity contribution in [3.05, 3.63) is 29.8 Å². The number of carbonyl (C=O) groups excluding carboxylic acids is 1. The van der Waals surface area contributed by atoms with Crippen molar-refractivity contribution in [1.29, 1.82) is 0 Å². The number of rotatable bonds is 5. The molecule has 1 aliphatic carbocycles. The van der Waals surface area contributed by atoms with Gasteiger partial charge in [0.2, 0.25) is 5.91 Å². The Kier molecular flexibility index (Phi) is 5.71. The summed E-state index contributed by atoms with van der Waals surface area (Å²) in [5.74, 6) is 1.08. The molecule has 1 amide bonds. The molecule has 0 spiro atoms. The Hall–Kier alpha value is -1.02. The number of anilines is 1. The van der Waals surface area contributed by atoms with Gasteiger partial charge >= 0.3 is 0 Å². The zero-order valence-corrected chi connectivity index (χ0v) is 12.1. The van der Waals surface area contributed by atoms with Crippen LogP contribution in [0.25, 0.3) is 0 Å². The van der Waals surface area contributed by atoms with Gasteiger partial charge in [0.05, 0.1) is 0 Å². The van der Waals surface area contributed by atoms with Gasteiger partial charge in [-0.3, -0.25) is 4.79 Å². The number of benzene rings is 1. The van der Waals surface area contributed by atoms with Gasteiger partial charge < -0.3 is 5.32 Å². The minimum absolute atomic E-state index is 0.189. The Labute approximate surface area is 120 Å². The van der Waals surface area contributed by atoms with Crippen molar-refractivity contribution in [2.75, 3.05) is 11.2 Å². The van der Waals surface area contributed by atoms with Crippen LogP contribution in [-0.4, -0.2) is 11.8 Å². The molecule has 2 rings (SSSR count). The summed E-state index contributed by atoms with van der Waals surface area (Å²) in [5, 5.41) is 3.06. The molecule has 3 heteroatoms. The topological polar surface area (TPSA) is 29.1 Å². The summed E-state index contributed by atoms with van der Waals surface area (Å²) in [6.45, 7) is 0. The normalized spacial score (nSPS) is 16.3. The second kappa shape index (κ2) is 7.54. The molecule has 0 aromatic heterocycles. The number of nitrogens with one attached hydrogen (secondary N) is 1. The lowest BCUT2D eigenvalue weighted by molar-refractivity contribution is -0.120. The lowest BCUT2D eigenvalue weighted by Gasteiger charge is -2.20. The average molecular weight is 280 g/mol. The summed E-state index contributed by atoms with van der Waals surface area (Å²) >= 11 is 5.71. The van der Waals surface area contributed by atoms with E-state index in [0.717, 1.165) is 31.4 Å². The molecular formula is C16H22ClNO. The van der Waals surface area contributed by atoms with Crippen LogP contribution < -0.4 is 5.32 Å². The van der Waals surface area contributed by atoms with Crippen LogP contribution in [0.15, 0.2) is 24.3 Å². The summed E-state index contributed by atoms with van der Waals surface area (Å²) in [4.78, 5) is 12.2. The molecule has 2 nitrogen and oxygen atoms in total. The van der Waals surface area contributed by atoms with Crippen LogP contribution in [0.2, 0.25) is 0 Å². The number of amides is 1. The number of carbonyl (C=O) groups is 1. The number of hydrogen-bond donors (Lipinski definition) is 1. The quantitative estimate of drug-likeness (QED) is 0.797. The van der Waals surface area contributed by atoms with Gasteiger partial charge in [-0.1, -0.05) is 31.4 Å². The molecular weight excluding hydrogens is 258 g/mol. The van der Waals surface area contributed by atoms with Gasteiger partial charge in [-0.15, -0.1) is 11.6 Å². The van der Waals surface area contributed by atoms with E-state index in [9.17, 15) is 4.79 Å². The Balaban J connectivity index is 1.92. The predicted molar refractivity (Wildman–Crippen MR) is 80.7 cm³/mol. The zero-order valence-electron chi connectivity index (χ0n) is 11.3. The summed E-state index contributed by atoms with van der Waals surface area (Å²) in [6, 6.07) is 8.11. The van der Waals surface area contributed by atoms with Crippen molar-refractivity contribution < 1.29 is 4.79 Å². The van der Waals surface area contributed by atoms with Crippen LogP contribution in [0.4, 0.5) is 5.69 Å². The van der Waals surface area contributed by atoms with E-state index >= 15 is 0 Å². The van der Waals surface area contributed by atoms with Crippen molar-refractivity contribution in [3.63, 3.8) is 0 Å². The molecule has 1 fully saturated rings. The maximum atomic E-state index is 12.2. The first-order valence-corrected chi connectivity index (χ1v) is 7.79. The van der Waals surface area contributed by atoms with Gasteiger partial charge in [0, 0.05) is 17.5 Å². The first kappa shape index (κ1) is 14.4. The maximum absolute atomic E-state index is 12.2. The van der Waals surface area contributed by atoms with Gasteiger partial charge in [-0.05, 0) is 43.4 Å². The Morgan fingerprint density at radius 2 is 2.05 bits per heavy atom. The molecule has 0 aliphatic heterocycles. The van der Waals surface area contributed by atoms with E-state index in [-0.39, 0.29) is 11.8 Å². The van der Waals surface area contributed by atoms with E-state index in [1.165, 1.54) is 24.8 Å². The minimum Gasteiger partial charge on any atom is -0.326 e. The molecule has 0 heterocycles. The SMILES string of the molecule is O=C(Nc1cccc(CCCCl)c1)C1CCCCC1. The smallest absolute Gasteiger partial charge is 0.227 e. The molecule has 0 atom stereocenters. The van der Waals surface area contributed by atoms with E-state index in [4.69, 9.17) is 11.6 Å². The lowest BCUT2D eigenvalue weighted by atomic mass is 9.88. The summed E-state index contributed by atoms with van der Waals surface area (Å²) in [5.41, 5.74) is 2.16. The molecule has 1 aromatic rings. The molecule has 1 N–H and O–H groups in total. The molecule has 0 bridgehead atoms. The average Bonchev–Trinajstić information content (AvgIpc) is 2.46. The second-order valence-electron chi connectivity index (χ2n) is 5.32. The Morgan fingerprint density at radius 3 is 2.79 bits per heavy atom. The van der Waals surface area contributed by atoms with E-state index in [2.05, 4.69) is 17.4 Å². The van der Waals surface area contributed by atoms with E-state index < -0.39 is 0 Å². The molecule has 1 aromatic carbocycles. The van der Waals surface area contributed by atoms with Gasteiger partial charge in [-0.2, -0.15) is 0 Å². The van der Waals surface area contributed by atoms with E-state index in [1.54, 1.807) is 0 Å². The summed E-state index contributed by atoms with van der Waals surface area (Å²) in [7, 11) is 0. The largest absolute Gasteiger partial charge is 0.326 e. The minimum atomic E-state index is 0.189. The second-order valence-corrected chi connectivity index (χ2v) is 5.70. The highest BCUT2D eigenvalue weighted by molar-refractivity contribution is 6.17. The van der Waals surface area contributed by atoms with Crippen molar-refractivity contribution in [2.45, 2.75) is 44.9 Å². The fraction of sp³-hybridized carbons (Fsp3) is 0.562. The van der Waals surface area contributed by atoms with Crippen LogP contribution in [0.1, 0.15) is 44.1 Å². The first-order valence-electron chi connectivity index (χ1n) is 7.25. The molecule has 0 saturated heterocycles. The Morgan fingerprint density at radius 1 is 1.26 bits per heavy atom. The van der Waals surface area contributed by atoms with Crippen LogP contribution in [0.5, 0.6) is 0 Å². The fourth-order valence-electron chi connectivity index (χ4n) is 2.68. The summed E-state index contributed by atoms with van der Waals surface area (Å²) < 4.78 is 0. The highest BCUT2D eigenvalue weighted by Gasteiger charge is 2.20. The maximum Gasteiger partial charge on any atom is 0.227 e. The third-order valence-corrected chi connectivity index (χ3v) is 4.04. The van der Waals surface area contributed by atoms with Crippen LogP contribution >= 0.6 is 11.6 Å². The number of halogens is 1. The van der Waals surface area contributed by atoms with Gasteiger partial charge in [0.1, 0.15) is 0 Å². The Bertz CT molecular complexity index is 413. The zero-order chi connectivity index (χ0) is 13.5. The predicted octanol–water partition coefficient (Wildman–Crippen LogP) is 4.38.